The third-order valence-corrected chi connectivity index (χ3v) is 1.74. The van der Waals surface area contributed by atoms with Crippen LogP contribution >= 0.6 is 0 Å². The monoisotopic (exact) mass is 257 g/mol. The molecule has 0 bridgehead atoms. The molecule has 2 N–H and O–H groups in total. The second-order valence-electron chi connectivity index (χ2n) is 3.99. The van der Waals surface area contributed by atoms with E-state index >= 15 is 0 Å². The van der Waals surface area contributed by atoms with Crippen molar-refractivity contribution in [3.05, 3.63) is 0 Å². The van der Waals surface area contributed by atoms with Crippen molar-refractivity contribution in [2.24, 2.45) is 5.73 Å². The van der Waals surface area contributed by atoms with Crippen LogP contribution in [0.1, 0.15) is 62.7 Å². The molecule has 4 heteroatoms. The molecule has 0 radical (unpaired) electrons. The van der Waals surface area contributed by atoms with Gasteiger partial charge in [0.2, 0.25) is 5.92 Å². The maximum Gasteiger partial charge on any atom is 0.245 e. The largest absolute Gasteiger partial charge is 0.374 e. The molecule has 0 heterocycles. The number of nitrogens with two attached hydrogens (primary N) is 1. The average Bonchev–Trinajstić information content (AvgIpc) is 2.29. The van der Waals surface area contributed by atoms with E-state index in [1.807, 2.05) is 41.5 Å². The summed E-state index contributed by atoms with van der Waals surface area (Å²) < 4.78 is 30.0. The first kappa shape index (κ1) is 22.0. The molecule has 0 saturated heterocycles. The van der Waals surface area contributed by atoms with E-state index in [-0.39, 0.29) is 7.85 Å². The molecule has 0 aliphatic rings. The third-order valence-electron chi connectivity index (χ3n) is 1.74. The van der Waals surface area contributed by atoms with Crippen LogP contribution in [0.25, 0.3) is 0 Å². The fraction of sp³-hybridized carbons (Fsp3) is 1.00. The summed E-state index contributed by atoms with van der Waals surface area (Å²) >= 11 is 0. The summed E-state index contributed by atoms with van der Waals surface area (Å²) in [6.45, 7) is 13.3. The highest BCUT2D eigenvalue weighted by Gasteiger charge is 2.21. The zero-order valence-electron chi connectivity index (χ0n) is 12.6. The van der Waals surface area contributed by atoms with Crippen molar-refractivity contribution in [3.63, 3.8) is 0 Å². The van der Waals surface area contributed by atoms with Crippen LogP contribution in [0.3, 0.4) is 0 Å². The minimum atomic E-state index is -2.59. The molecule has 0 aliphatic carbocycles. The van der Waals surface area contributed by atoms with Crippen LogP contribution < -0.4 is 5.73 Å². The topological polar surface area (TPSA) is 35.2 Å². The number of hydrogen-bond acceptors (Lipinski definition) is 2. The van der Waals surface area contributed by atoms with Gasteiger partial charge in [-0.05, 0) is 27.2 Å². The first-order valence-electron chi connectivity index (χ1n) is 6.49. The SMILES string of the molecule is CC.CC.CC(F)(F)CCCOC(C)(C)CN.[HH]. The van der Waals surface area contributed by atoms with Gasteiger partial charge in [-0.1, -0.05) is 27.7 Å². The molecule has 0 rings (SSSR count). The van der Waals surface area contributed by atoms with E-state index in [0.29, 0.717) is 19.6 Å². The fourth-order valence-corrected chi connectivity index (χ4v) is 0.790. The minimum Gasteiger partial charge on any atom is -0.374 e. The number of hydrogen-bond donors (Lipinski definition) is 1. The van der Waals surface area contributed by atoms with Crippen molar-refractivity contribution >= 4 is 0 Å². The van der Waals surface area contributed by atoms with Gasteiger partial charge in [0.05, 0.1) is 5.60 Å². The summed E-state index contributed by atoms with van der Waals surface area (Å²) in [5.41, 5.74) is 5.00. The van der Waals surface area contributed by atoms with Gasteiger partial charge in [-0.25, -0.2) is 8.78 Å². The van der Waals surface area contributed by atoms with Gasteiger partial charge in [-0.3, -0.25) is 0 Å². The average molecular weight is 257 g/mol. The van der Waals surface area contributed by atoms with Crippen LogP contribution in [-0.4, -0.2) is 24.7 Å². The van der Waals surface area contributed by atoms with Gasteiger partial charge >= 0.3 is 0 Å². The molecule has 0 aromatic heterocycles. The normalized spacial score (nSPS) is 10.9. The van der Waals surface area contributed by atoms with Crippen molar-refractivity contribution in [2.75, 3.05) is 13.2 Å². The van der Waals surface area contributed by atoms with E-state index in [4.69, 9.17) is 10.5 Å². The first-order valence-corrected chi connectivity index (χ1v) is 6.49. The van der Waals surface area contributed by atoms with E-state index < -0.39 is 11.5 Å². The molecular weight excluding hydrogens is 224 g/mol. The first-order chi connectivity index (χ1) is 7.77. The highest BCUT2D eigenvalue weighted by molar-refractivity contribution is 4.69. The molecule has 0 aromatic carbocycles. The van der Waals surface area contributed by atoms with Crippen LogP contribution in [0.4, 0.5) is 8.78 Å². The fourth-order valence-electron chi connectivity index (χ4n) is 0.790. The third kappa shape index (κ3) is 21.6. The minimum absolute atomic E-state index is 0. The van der Waals surface area contributed by atoms with E-state index in [2.05, 4.69) is 0 Å². The van der Waals surface area contributed by atoms with Gasteiger partial charge in [0.1, 0.15) is 0 Å². The van der Waals surface area contributed by atoms with Gasteiger partial charge in [-0.2, -0.15) is 0 Å². The number of halogens is 2. The highest BCUT2D eigenvalue weighted by Crippen LogP contribution is 2.19. The molecule has 0 aliphatic heterocycles. The molecule has 0 amide bonds. The summed E-state index contributed by atoms with van der Waals surface area (Å²) in [7, 11) is 0. The van der Waals surface area contributed by atoms with Crippen LogP contribution in [0.2, 0.25) is 0 Å². The van der Waals surface area contributed by atoms with Crippen LogP contribution in [-0.2, 0) is 4.74 Å². The maximum atomic E-state index is 12.3. The Morgan fingerprint density at radius 2 is 1.47 bits per heavy atom. The van der Waals surface area contributed by atoms with Gasteiger partial charge < -0.3 is 10.5 Å². The van der Waals surface area contributed by atoms with E-state index in [0.717, 1.165) is 6.92 Å². The number of ether oxygens (including phenoxy) is 1. The molecule has 0 spiro atoms. The summed E-state index contributed by atoms with van der Waals surface area (Å²) in [5, 5.41) is 0. The standard InChI is InChI=1S/C9H19F2NO.2C2H6.H2/c1-8(2,7-12)13-6-4-5-9(3,10)11;2*1-2;/h4-7,12H2,1-3H3;2*1-2H3;1H. The second kappa shape index (κ2) is 12.2. The van der Waals surface area contributed by atoms with Gasteiger partial charge in [-0.15, -0.1) is 0 Å². The lowest BCUT2D eigenvalue weighted by molar-refractivity contribution is -0.0338. The van der Waals surface area contributed by atoms with Crippen molar-refractivity contribution in [2.45, 2.75) is 72.8 Å². The quantitative estimate of drug-likeness (QED) is 0.712. The Kier molecular flexibility index (Phi) is 15.8. The van der Waals surface area contributed by atoms with Gasteiger partial charge in [0, 0.05) is 21.0 Å². The zero-order chi connectivity index (χ0) is 14.5. The summed E-state index contributed by atoms with van der Waals surface area (Å²) in [6, 6.07) is 0. The van der Waals surface area contributed by atoms with Crippen molar-refractivity contribution in [3.8, 4) is 0 Å². The Hall–Kier alpha value is -0.220. The molecular formula is C13H33F2NO. The van der Waals surface area contributed by atoms with Crippen molar-refractivity contribution in [1.29, 1.82) is 0 Å². The van der Waals surface area contributed by atoms with Crippen molar-refractivity contribution in [1.82, 2.24) is 0 Å². The maximum absolute atomic E-state index is 12.3. The van der Waals surface area contributed by atoms with E-state index in [9.17, 15) is 8.78 Å². The molecule has 0 unspecified atom stereocenters. The predicted molar refractivity (Wildman–Crippen MR) is 73.8 cm³/mol. The Labute approximate surface area is 107 Å². The molecule has 0 aromatic rings. The highest BCUT2D eigenvalue weighted by atomic mass is 19.3. The Morgan fingerprint density at radius 3 is 1.76 bits per heavy atom. The smallest absolute Gasteiger partial charge is 0.245 e. The molecule has 17 heavy (non-hydrogen) atoms. The number of rotatable bonds is 6. The number of alkyl halides is 2. The van der Waals surface area contributed by atoms with E-state index in [1.54, 1.807) is 0 Å². The summed E-state index contributed by atoms with van der Waals surface area (Å²) in [5.74, 6) is -2.59. The Balaban J connectivity index is -0.000000177. The zero-order valence-corrected chi connectivity index (χ0v) is 12.6. The van der Waals surface area contributed by atoms with Crippen LogP contribution in [0.15, 0.2) is 0 Å². The summed E-state index contributed by atoms with van der Waals surface area (Å²) in [6.07, 6.45) is 0.237. The van der Waals surface area contributed by atoms with E-state index in [1.165, 1.54) is 0 Å². The van der Waals surface area contributed by atoms with Gasteiger partial charge in [0.25, 0.3) is 0 Å². The Morgan fingerprint density at radius 1 is 1.06 bits per heavy atom. The Bertz CT molecular complexity index is 150. The summed E-state index contributed by atoms with van der Waals surface area (Å²) in [4.78, 5) is 0. The molecule has 2 nitrogen and oxygen atoms in total. The predicted octanol–water partition coefficient (Wildman–Crippen LogP) is 4.47. The molecule has 0 fully saturated rings. The van der Waals surface area contributed by atoms with Crippen molar-refractivity contribution < 1.29 is 14.9 Å². The second-order valence-corrected chi connectivity index (χ2v) is 3.99. The molecule has 0 atom stereocenters. The molecule has 110 valence electrons. The molecule has 0 saturated carbocycles. The lowest BCUT2D eigenvalue weighted by atomic mass is 10.1. The lowest BCUT2D eigenvalue weighted by Crippen LogP contribution is -2.34. The van der Waals surface area contributed by atoms with Crippen LogP contribution in [0.5, 0.6) is 0 Å². The van der Waals surface area contributed by atoms with Gasteiger partial charge in [0.15, 0.2) is 0 Å². The lowest BCUT2D eigenvalue weighted by Gasteiger charge is -2.23. The van der Waals surface area contributed by atoms with Crippen LogP contribution in [0, 0.1) is 0 Å².